The molecule has 83 heavy (non-hydrogen) atoms. The molecule has 392 valence electrons. The van der Waals surface area contributed by atoms with Crippen LogP contribution in [0.1, 0.15) is 83.0 Å². The molecule has 6 aliphatic rings. The molecule has 2 nitrogen and oxygen atoms in total. The van der Waals surface area contributed by atoms with Crippen LogP contribution in [0.15, 0.2) is 266 Å². The van der Waals surface area contributed by atoms with Crippen molar-refractivity contribution in [3.8, 4) is 22.3 Å². The molecule has 18 rings (SSSR count). The van der Waals surface area contributed by atoms with Crippen molar-refractivity contribution < 1.29 is 0 Å². The summed E-state index contributed by atoms with van der Waals surface area (Å²) in [6.07, 6.45) is 14.1. The SMILES string of the molecule is CC12CCC(c3ccccc3)C(C3=C(c4ccccc4)C=C4c5cc(-c6ccccc6)ccc5N(c5ccc6c7c(c8ccccc8c6c5)[CH]7)C4CC3)=CC1N(c1ccc3c4c(c5ccccc5c3c1)[CH]4)c1ccc(-c3ccccc3)cc12. The minimum Gasteiger partial charge on any atom is -0.333 e. The van der Waals surface area contributed by atoms with Crippen LogP contribution in [0, 0.1) is 12.8 Å². The Kier molecular flexibility index (Phi) is 10.2. The van der Waals surface area contributed by atoms with E-state index in [1.54, 1.807) is 0 Å². The quantitative estimate of drug-likeness (QED) is 0.147. The summed E-state index contributed by atoms with van der Waals surface area (Å²) in [6.45, 7) is 2.59. The number of nitrogens with zero attached hydrogens (tertiary/aromatic N) is 2. The van der Waals surface area contributed by atoms with Crippen molar-refractivity contribution in [2.75, 3.05) is 9.80 Å². The molecule has 2 heteroatoms. The summed E-state index contributed by atoms with van der Waals surface area (Å²) in [6, 6.07) is 92.4. The van der Waals surface area contributed by atoms with Gasteiger partial charge in [-0.25, -0.2) is 0 Å². The number of hydrogen-bond acceptors (Lipinski definition) is 2. The van der Waals surface area contributed by atoms with Gasteiger partial charge in [0, 0.05) is 52.5 Å². The van der Waals surface area contributed by atoms with Crippen LogP contribution in [-0.2, 0) is 5.41 Å². The Morgan fingerprint density at radius 2 is 0.904 bits per heavy atom. The molecule has 0 saturated carbocycles. The highest BCUT2D eigenvalue weighted by atomic mass is 15.2. The molecule has 0 saturated heterocycles. The van der Waals surface area contributed by atoms with Crippen LogP contribution >= 0.6 is 0 Å². The summed E-state index contributed by atoms with van der Waals surface area (Å²) in [5.74, 6) is 0.171. The highest BCUT2D eigenvalue weighted by molar-refractivity contribution is 6.18. The van der Waals surface area contributed by atoms with Gasteiger partial charge in [-0.3, -0.25) is 0 Å². The highest BCUT2D eigenvalue weighted by Gasteiger charge is 2.50. The molecule has 2 heterocycles. The number of rotatable bonds is 7. The van der Waals surface area contributed by atoms with Crippen molar-refractivity contribution in [1.29, 1.82) is 0 Å². The number of hydrogen-bond donors (Lipinski definition) is 0. The molecule has 12 aromatic carbocycles. The Balaban J connectivity index is 0.867. The zero-order valence-corrected chi connectivity index (χ0v) is 46.4. The molecule has 0 N–H and O–H groups in total. The van der Waals surface area contributed by atoms with Crippen molar-refractivity contribution in [3.63, 3.8) is 0 Å². The first-order valence-electron chi connectivity index (χ1n) is 29.9. The zero-order valence-electron chi connectivity index (χ0n) is 46.4. The van der Waals surface area contributed by atoms with Crippen molar-refractivity contribution in [2.45, 2.75) is 56.0 Å². The van der Waals surface area contributed by atoms with Gasteiger partial charge >= 0.3 is 0 Å². The van der Waals surface area contributed by atoms with Crippen molar-refractivity contribution in [3.05, 3.63) is 323 Å². The molecule has 0 fully saturated rings. The highest BCUT2D eigenvalue weighted by Crippen LogP contribution is 2.59. The van der Waals surface area contributed by atoms with Crippen molar-refractivity contribution in [2.24, 2.45) is 0 Å². The predicted molar refractivity (Wildman–Crippen MR) is 348 cm³/mol. The van der Waals surface area contributed by atoms with Crippen molar-refractivity contribution >= 4 is 77.0 Å². The summed E-state index contributed by atoms with van der Waals surface area (Å²) < 4.78 is 0. The molecular weight excluding hydrogens is 1000 g/mol. The van der Waals surface area contributed by atoms with E-state index in [0.29, 0.717) is 0 Å². The van der Waals surface area contributed by atoms with E-state index in [0.717, 1.165) is 25.7 Å². The van der Waals surface area contributed by atoms with E-state index in [1.807, 2.05) is 0 Å². The van der Waals surface area contributed by atoms with Gasteiger partial charge in [0.15, 0.2) is 0 Å². The van der Waals surface area contributed by atoms with E-state index in [-0.39, 0.29) is 23.4 Å². The molecule has 4 unspecified atom stereocenters. The maximum absolute atomic E-state index is 2.80. The van der Waals surface area contributed by atoms with E-state index < -0.39 is 0 Å². The van der Waals surface area contributed by atoms with Crippen LogP contribution in [0.4, 0.5) is 22.7 Å². The summed E-state index contributed by atoms with van der Waals surface area (Å²) in [5, 5.41) is 10.7. The van der Waals surface area contributed by atoms with Gasteiger partial charge in [-0.2, -0.15) is 0 Å². The molecule has 2 aliphatic heterocycles. The Bertz CT molecular complexity index is 4820. The van der Waals surface area contributed by atoms with Gasteiger partial charge < -0.3 is 9.80 Å². The second-order valence-electron chi connectivity index (χ2n) is 24.3. The van der Waals surface area contributed by atoms with E-state index in [4.69, 9.17) is 0 Å². The van der Waals surface area contributed by atoms with Gasteiger partial charge in [-0.05, 0) is 207 Å². The average Bonchev–Trinajstić information content (AvgIpc) is 1.94. The number of benzene rings is 12. The second kappa shape index (κ2) is 18.0. The van der Waals surface area contributed by atoms with Crippen LogP contribution < -0.4 is 9.80 Å². The van der Waals surface area contributed by atoms with Gasteiger partial charge in [0.1, 0.15) is 0 Å². The van der Waals surface area contributed by atoms with E-state index >= 15 is 0 Å². The van der Waals surface area contributed by atoms with Crippen LogP contribution in [0.5, 0.6) is 0 Å². The van der Waals surface area contributed by atoms with Gasteiger partial charge in [-0.15, -0.1) is 0 Å². The Morgan fingerprint density at radius 3 is 1.51 bits per heavy atom. The van der Waals surface area contributed by atoms with Crippen LogP contribution in [0.25, 0.3) is 76.5 Å². The minimum absolute atomic E-state index is 0.0229. The monoisotopic (exact) mass is 1060 g/mol. The fourth-order valence-corrected chi connectivity index (χ4v) is 15.9. The van der Waals surface area contributed by atoms with E-state index in [1.165, 1.54) is 155 Å². The lowest BCUT2D eigenvalue weighted by Crippen LogP contribution is -2.39. The maximum atomic E-state index is 2.80. The lowest BCUT2D eigenvalue weighted by atomic mass is 9.74. The first kappa shape index (κ1) is 47.2. The topological polar surface area (TPSA) is 6.48 Å². The zero-order chi connectivity index (χ0) is 54.5. The second-order valence-corrected chi connectivity index (χ2v) is 24.3. The lowest BCUT2D eigenvalue weighted by molar-refractivity contribution is 0.404. The summed E-state index contributed by atoms with van der Waals surface area (Å²) >= 11 is 0. The fraction of sp³-hybridized carbons (Fsp3) is 0.111. The molecule has 0 spiro atoms. The first-order valence-corrected chi connectivity index (χ1v) is 29.9. The molecule has 0 amide bonds. The predicted octanol–water partition coefficient (Wildman–Crippen LogP) is 20.6. The molecule has 0 bridgehead atoms. The van der Waals surface area contributed by atoms with Gasteiger partial charge in [0.25, 0.3) is 0 Å². The summed E-state index contributed by atoms with van der Waals surface area (Å²) in [5.41, 5.74) is 26.5. The molecule has 0 aromatic heterocycles. The Morgan fingerprint density at radius 1 is 0.398 bits per heavy atom. The first-order chi connectivity index (χ1) is 41.0. The van der Waals surface area contributed by atoms with Gasteiger partial charge in [0.05, 0.1) is 12.1 Å². The summed E-state index contributed by atoms with van der Waals surface area (Å²) in [7, 11) is 0. The smallest absolute Gasteiger partial charge is 0.0623 e. The van der Waals surface area contributed by atoms with Crippen molar-refractivity contribution in [1.82, 2.24) is 0 Å². The Labute approximate surface area is 485 Å². The molecule has 4 atom stereocenters. The largest absolute Gasteiger partial charge is 0.333 e. The van der Waals surface area contributed by atoms with E-state index in [9.17, 15) is 0 Å². The number of anilines is 4. The molecule has 12 aromatic rings. The van der Waals surface area contributed by atoms with Crippen LogP contribution in [0.3, 0.4) is 0 Å². The molecular formula is C81H58N2. The molecule has 4 aliphatic carbocycles. The average molecular weight is 1060 g/mol. The van der Waals surface area contributed by atoms with Crippen LogP contribution in [-0.4, -0.2) is 12.1 Å². The minimum atomic E-state index is -0.223. The number of fused-ring (bicyclic) bond motifs is 18. The standard InChI is InChI=1S/C81H58N2/c1-81-41-40-58(52-22-10-4-11-23-52)73(49-80(81)83(79-38-31-55(43-76(79)81)51-20-8-3-9-21-51)57-33-35-65-68(45-57)60-27-15-17-29-62(60)70-48-72(65)70)63-36-39-78-75(46-66(63)53-24-12-5-13-25-53)74-42-54(50-18-6-2-7-19-50)30-37-77(74)82(78)56-32-34-64-67(44-56)59-26-14-16-28-61(59)69-47-71(64)69/h2-35,37-38,42-49,58,78,80H,36,39-41H2,1H3. The van der Waals surface area contributed by atoms with Crippen LogP contribution in [0.2, 0.25) is 0 Å². The maximum Gasteiger partial charge on any atom is 0.0623 e. The third-order valence-electron chi connectivity index (χ3n) is 20.0. The third-order valence-corrected chi connectivity index (χ3v) is 20.0. The number of allylic oxidation sites excluding steroid dienone is 4. The van der Waals surface area contributed by atoms with Gasteiger partial charge in [0.2, 0.25) is 0 Å². The normalized spacial score (nSPS) is 20.0. The van der Waals surface area contributed by atoms with E-state index in [2.05, 4.69) is 284 Å². The van der Waals surface area contributed by atoms with Gasteiger partial charge in [-0.1, -0.05) is 207 Å². The summed E-state index contributed by atoms with van der Waals surface area (Å²) in [4.78, 5) is 5.47. The molecule has 2 radical (unpaired) electrons. The third kappa shape index (κ3) is 7.21. The Hall–Kier alpha value is -9.50. The lowest BCUT2D eigenvalue weighted by Gasteiger charge is -2.35. The fourth-order valence-electron chi connectivity index (χ4n) is 15.9.